The fraction of sp³-hybridized carbons (Fsp3) is 0.364. The van der Waals surface area contributed by atoms with Crippen molar-refractivity contribution in [1.29, 1.82) is 0 Å². The summed E-state index contributed by atoms with van der Waals surface area (Å²) in [5, 5.41) is 8.65. The van der Waals surface area contributed by atoms with Gasteiger partial charge in [0.25, 0.3) is 0 Å². The van der Waals surface area contributed by atoms with E-state index in [4.69, 9.17) is 5.11 Å². The fourth-order valence-corrected chi connectivity index (χ4v) is 2.70. The van der Waals surface area contributed by atoms with Crippen LogP contribution in [0, 0.1) is 0 Å². The number of benzene rings is 1. The molecule has 1 aromatic rings. The molecule has 2 unspecified atom stereocenters. The van der Waals surface area contributed by atoms with Crippen LogP contribution in [0.25, 0.3) is 0 Å². The molecule has 4 heteroatoms. The van der Waals surface area contributed by atoms with Crippen LogP contribution < -0.4 is 0 Å². The molecule has 1 aliphatic rings. The molecule has 0 fully saturated rings. The maximum absolute atomic E-state index is 13.4. The highest BCUT2D eigenvalue weighted by Crippen LogP contribution is 2.39. The lowest BCUT2D eigenvalue weighted by Crippen LogP contribution is -2.21. The third-order valence-electron chi connectivity index (χ3n) is 2.85. The molecule has 2 nitrogen and oxygen atoms in total. The van der Waals surface area contributed by atoms with Gasteiger partial charge >= 0.3 is 5.97 Å². The summed E-state index contributed by atoms with van der Waals surface area (Å²) in [5.41, 5.74) is 1.88. The Morgan fingerprint density at radius 1 is 1.60 bits per heavy atom. The van der Waals surface area contributed by atoms with E-state index in [0.717, 1.165) is 22.0 Å². The molecule has 1 aliphatic carbocycles. The smallest absolute Gasteiger partial charge is 0.338 e. The number of hydrogen-bond donors (Lipinski definition) is 1. The zero-order chi connectivity index (χ0) is 11.0. The van der Waals surface area contributed by atoms with Crippen LogP contribution in [0.1, 0.15) is 23.5 Å². The molecule has 0 spiro atoms. The van der Waals surface area contributed by atoms with Crippen molar-refractivity contribution in [1.82, 2.24) is 0 Å². The van der Waals surface area contributed by atoms with Gasteiger partial charge in [-0.3, -0.25) is 0 Å². The van der Waals surface area contributed by atoms with Crippen LogP contribution >= 0.6 is 15.9 Å². The summed E-state index contributed by atoms with van der Waals surface area (Å²) in [7, 11) is 0. The molecule has 80 valence electrons. The topological polar surface area (TPSA) is 37.3 Å². The van der Waals surface area contributed by atoms with Gasteiger partial charge in [-0.25, -0.2) is 9.18 Å². The second-order valence-electron chi connectivity index (χ2n) is 3.69. The zero-order valence-corrected chi connectivity index (χ0v) is 9.50. The average Bonchev–Trinajstić information content (AvgIpc) is 2.61. The number of fused-ring (bicyclic) bond motifs is 1. The van der Waals surface area contributed by atoms with Crippen molar-refractivity contribution >= 4 is 21.9 Å². The molecular weight excluding hydrogens is 263 g/mol. The zero-order valence-electron chi connectivity index (χ0n) is 7.91. The SMILES string of the molecule is O=C(O)C(F)C1CCc2c(Br)cccc21. The Labute approximate surface area is 95.2 Å². The van der Waals surface area contributed by atoms with Crippen molar-refractivity contribution in [3.8, 4) is 0 Å². The van der Waals surface area contributed by atoms with E-state index in [9.17, 15) is 9.18 Å². The van der Waals surface area contributed by atoms with Crippen LogP contribution in [0.2, 0.25) is 0 Å². The molecule has 0 saturated carbocycles. The predicted octanol–water partition coefficient (Wildman–Crippen LogP) is 2.90. The first-order valence-corrected chi connectivity index (χ1v) is 5.54. The first-order valence-electron chi connectivity index (χ1n) is 4.75. The molecule has 1 N–H and O–H groups in total. The summed E-state index contributed by atoms with van der Waals surface area (Å²) in [6.07, 6.45) is -0.471. The largest absolute Gasteiger partial charge is 0.479 e. The molecule has 0 amide bonds. The normalized spacial score (nSPS) is 21.1. The minimum atomic E-state index is -1.79. The van der Waals surface area contributed by atoms with E-state index < -0.39 is 18.1 Å². The molecule has 1 aromatic carbocycles. The highest BCUT2D eigenvalue weighted by molar-refractivity contribution is 9.10. The maximum Gasteiger partial charge on any atom is 0.338 e. The van der Waals surface area contributed by atoms with E-state index in [1.807, 2.05) is 18.2 Å². The van der Waals surface area contributed by atoms with Gasteiger partial charge in [0.1, 0.15) is 0 Å². The standard InChI is InChI=1S/C11H10BrFO2/c12-9-3-1-2-6-7(9)4-5-8(6)10(13)11(14)15/h1-3,8,10H,4-5H2,(H,14,15). The van der Waals surface area contributed by atoms with Crippen molar-refractivity contribution in [3.63, 3.8) is 0 Å². The van der Waals surface area contributed by atoms with E-state index in [0.29, 0.717) is 6.42 Å². The molecule has 0 bridgehead atoms. The average molecular weight is 273 g/mol. The molecule has 0 aromatic heterocycles. The van der Waals surface area contributed by atoms with Gasteiger partial charge in [0.15, 0.2) is 0 Å². The van der Waals surface area contributed by atoms with Gasteiger partial charge in [-0.15, -0.1) is 0 Å². The Bertz CT molecular complexity index is 406. The number of carboxylic acid groups (broad SMARTS) is 1. The van der Waals surface area contributed by atoms with Gasteiger partial charge < -0.3 is 5.11 Å². The van der Waals surface area contributed by atoms with Crippen molar-refractivity contribution in [2.45, 2.75) is 24.9 Å². The Kier molecular flexibility index (Phi) is 2.78. The first kappa shape index (κ1) is 10.6. The molecular formula is C11H10BrFO2. The number of alkyl halides is 1. The molecule has 2 atom stereocenters. The van der Waals surface area contributed by atoms with Gasteiger partial charge in [0, 0.05) is 10.4 Å². The lowest BCUT2D eigenvalue weighted by Gasteiger charge is -2.13. The van der Waals surface area contributed by atoms with Crippen LogP contribution in [0.3, 0.4) is 0 Å². The third kappa shape index (κ3) is 1.78. The van der Waals surface area contributed by atoms with Crippen LogP contribution in [-0.2, 0) is 11.2 Å². The predicted molar refractivity (Wildman–Crippen MR) is 57.7 cm³/mol. The van der Waals surface area contributed by atoms with Crippen LogP contribution in [0.15, 0.2) is 22.7 Å². The van der Waals surface area contributed by atoms with Gasteiger partial charge in [0.2, 0.25) is 6.17 Å². The minimum absolute atomic E-state index is 0.491. The summed E-state index contributed by atoms with van der Waals surface area (Å²) in [6, 6.07) is 5.53. The Morgan fingerprint density at radius 2 is 2.33 bits per heavy atom. The fourth-order valence-electron chi connectivity index (χ4n) is 2.12. The van der Waals surface area contributed by atoms with E-state index in [2.05, 4.69) is 15.9 Å². The Balaban J connectivity index is 2.37. The lowest BCUT2D eigenvalue weighted by molar-refractivity contribution is -0.143. The second kappa shape index (κ2) is 3.93. The summed E-state index contributed by atoms with van der Waals surface area (Å²) >= 11 is 3.39. The van der Waals surface area contributed by atoms with Crippen molar-refractivity contribution in [3.05, 3.63) is 33.8 Å². The number of carboxylic acids is 1. The molecule has 0 saturated heterocycles. The van der Waals surface area contributed by atoms with Gasteiger partial charge in [-0.1, -0.05) is 28.1 Å². The summed E-state index contributed by atoms with van der Waals surface area (Å²) in [4.78, 5) is 10.6. The quantitative estimate of drug-likeness (QED) is 0.899. The van der Waals surface area contributed by atoms with Gasteiger partial charge in [0.05, 0.1) is 0 Å². The molecule has 2 rings (SSSR count). The van der Waals surface area contributed by atoms with E-state index in [-0.39, 0.29) is 0 Å². The maximum atomic E-state index is 13.4. The first-order chi connectivity index (χ1) is 7.11. The number of carbonyl (C=O) groups is 1. The number of aliphatic carboxylic acids is 1. The Hall–Kier alpha value is -0.900. The minimum Gasteiger partial charge on any atom is -0.479 e. The highest BCUT2D eigenvalue weighted by Gasteiger charge is 2.34. The molecule has 0 radical (unpaired) electrons. The van der Waals surface area contributed by atoms with Gasteiger partial charge in [-0.05, 0) is 30.0 Å². The van der Waals surface area contributed by atoms with Crippen molar-refractivity contribution in [2.75, 3.05) is 0 Å². The summed E-state index contributed by atoms with van der Waals surface area (Å²) in [6.45, 7) is 0. The second-order valence-corrected chi connectivity index (χ2v) is 4.55. The number of hydrogen-bond acceptors (Lipinski definition) is 1. The van der Waals surface area contributed by atoms with Crippen LogP contribution in [-0.4, -0.2) is 17.2 Å². The molecule has 0 heterocycles. The lowest BCUT2D eigenvalue weighted by atomic mass is 9.96. The number of rotatable bonds is 2. The Morgan fingerprint density at radius 3 is 3.00 bits per heavy atom. The highest BCUT2D eigenvalue weighted by atomic mass is 79.9. The van der Waals surface area contributed by atoms with Crippen molar-refractivity contribution in [2.24, 2.45) is 0 Å². The monoisotopic (exact) mass is 272 g/mol. The van der Waals surface area contributed by atoms with Crippen molar-refractivity contribution < 1.29 is 14.3 Å². The van der Waals surface area contributed by atoms with E-state index in [1.165, 1.54) is 0 Å². The van der Waals surface area contributed by atoms with Gasteiger partial charge in [-0.2, -0.15) is 0 Å². The number of halogens is 2. The summed E-state index contributed by atoms with van der Waals surface area (Å²) < 4.78 is 14.4. The molecule has 15 heavy (non-hydrogen) atoms. The summed E-state index contributed by atoms with van der Waals surface area (Å²) in [5.74, 6) is -1.86. The molecule has 0 aliphatic heterocycles. The van der Waals surface area contributed by atoms with E-state index in [1.54, 1.807) is 0 Å². The van der Waals surface area contributed by atoms with E-state index >= 15 is 0 Å². The van der Waals surface area contributed by atoms with Crippen LogP contribution in [0.4, 0.5) is 4.39 Å². The van der Waals surface area contributed by atoms with Crippen LogP contribution in [0.5, 0.6) is 0 Å². The third-order valence-corrected chi connectivity index (χ3v) is 3.59.